The summed E-state index contributed by atoms with van der Waals surface area (Å²) in [5, 5.41) is 0. The lowest BCUT2D eigenvalue weighted by Crippen LogP contribution is -2.25. The lowest BCUT2D eigenvalue weighted by atomic mass is 9.93. The fourth-order valence-electron chi connectivity index (χ4n) is 1.37. The molecule has 1 rings (SSSR count). The minimum atomic E-state index is 0.229. The highest BCUT2D eigenvalue weighted by atomic mass is 14.6. The van der Waals surface area contributed by atoms with Gasteiger partial charge >= 0.3 is 0 Å². The first kappa shape index (κ1) is 7.55. The maximum absolute atomic E-state index is 5.81. The van der Waals surface area contributed by atoms with Crippen LogP contribution in [-0.2, 0) is 0 Å². The molecule has 0 aromatic heterocycles. The molecule has 0 saturated heterocycles. The predicted octanol–water partition coefficient (Wildman–Crippen LogP) is 1.86. The molecule has 10 heavy (non-hydrogen) atoms. The molecular weight excluding hydrogens is 122 g/mol. The van der Waals surface area contributed by atoms with Crippen molar-refractivity contribution in [3.05, 3.63) is 24.3 Å². The molecule has 1 nitrogen and oxygen atoms in total. The molecule has 0 aromatic carbocycles. The number of hydrogen-bond acceptors (Lipinski definition) is 1. The van der Waals surface area contributed by atoms with Gasteiger partial charge in [0.2, 0.25) is 0 Å². The van der Waals surface area contributed by atoms with E-state index in [9.17, 15) is 0 Å². The topological polar surface area (TPSA) is 26.0 Å². The van der Waals surface area contributed by atoms with Crippen molar-refractivity contribution < 1.29 is 0 Å². The monoisotopic (exact) mass is 137 g/mol. The summed E-state index contributed by atoms with van der Waals surface area (Å²) in [6.07, 6.45) is 6.37. The van der Waals surface area contributed by atoms with Crippen LogP contribution in [0.15, 0.2) is 24.3 Å². The number of nitrogens with two attached hydrogens (primary N) is 1. The molecule has 2 unspecified atom stereocenters. The van der Waals surface area contributed by atoms with Gasteiger partial charge in [-0.15, -0.1) is 0 Å². The predicted molar refractivity (Wildman–Crippen MR) is 44.7 cm³/mol. The van der Waals surface area contributed by atoms with Crippen molar-refractivity contribution in [3.63, 3.8) is 0 Å². The van der Waals surface area contributed by atoms with E-state index < -0.39 is 0 Å². The minimum absolute atomic E-state index is 0.229. The summed E-state index contributed by atoms with van der Waals surface area (Å²) in [6.45, 7) is 6.12. The van der Waals surface area contributed by atoms with Gasteiger partial charge in [-0.1, -0.05) is 31.2 Å². The number of allylic oxidation sites excluding steroid dienone is 1. The van der Waals surface area contributed by atoms with Crippen molar-refractivity contribution >= 4 is 0 Å². The van der Waals surface area contributed by atoms with Crippen LogP contribution in [0.2, 0.25) is 0 Å². The van der Waals surface area contributed by atoms with Gasteiger partial charge in [0, 0.05) is 12.0 Å². The van der Waals surface area contributed by atoms with Crippen LogP contribution in [0.3, 0.4) is 0 Å². The summed E-state index contributed by atoms with van der Waals surface area (Å²) >= 11 is 0. The minimum Gasteiger partial charge on any atom is -0.324 e. The molecule has 0 fully saturated rings. The van der Waals surface area contributed by atoms with Gasteiger partial charge in [-0.25, -0.2) is 0 Å². The van der Waals surface area contributed by atoms with Gasteiger partial charge < -0.3 is 5.73 Å². The molecule has 2 atom stereocenters. The zero-order valence-electron chi connectivity index (χ0n) is 6.51. The van der Waals surface area contributed by atoms with Crippen molar-refractivity contribution in [2.45, 2.75) is 25.8 Å². The van der Waals surface area contributed by atoms with E-state index in [1.165, 1.54) is 5.57 Å². The fourth-order valence-corrected chi connectivity index (χ4v) is 1.37. The molecular formula is C9H15N. The van der Waals surface area contributed by atoms with Crippen molar-refractivity contribution in [2.75, 3.05) is 0 Å². The van der Waals surface area contributed by atoms with Gasteiger partial charge in [0.15, 0.2) is 0 Å². The Morgan fingerprint density at radius 1 is 1.80 bits per heavy atom. The van der Waals surface area contributed by atoms with Gasteiger partial charge in [-0.2, -0.15) is 0 Å². The van der Waals surface area contributed by atoms with E-state index in [2.05, 4.69) is 25.7 Å². The molecule has 0 radical (unpaired) electrons. The summed E-state index contributed by atoms with van der Waals surface area (Å²) in [5.74, 6) is 0.519. The molecule has 0 aliphatic heterocycles. The van der Waals surface area contributed by atoms with Gasteiger partial charge in [-0.05, 0) is 12.8 Å². The maximum Gasteiger partial charge on any atom is 0.0293 e. The van der Waals surface area contributed by atoms with Crippen molar-refractivity contribution in [1.29, 1.82) is 0 Å². The van der Waals surface area contributed by atoms with E-state index in [1.807, 2.05) is 0 Å². The van der Waals surface area contributed by atoms with E-state index in [-0.39, 0.29) is 6.04 Å². The van der Waals surface area contributed by atoms with Crippen LogP contribution in [0.4, 0.5) is 0 Å². The lowest BCUT2D eigenvalue weighted by molar-refractivity contribution is 0.572. The van der Waals surface area contributed by atoms with E-state index >= 15 is 0 Å². The molecule has 1 heteroatoms. The first-order valence-corrected chi connectivity index (χ1v) is 3.85. The molecule has 0 heterocycles. The molecule has 0 amide bonds. The Morgan fingerprint density at radius 2 is 2.50 bits per heavy atom. The third-order valence-corrected chi connectivity index (χ3v) is 2.19. The molecule has 0 saturated carbocycles. The maximum atomic E-state index is 5.81. The third-order valence-electron chi connectivity index (χ3n) is 2.19. The Kier molecular flexibility index (Phi) is 2.28. The average molecular weight is 137 g/mol. The summed E-state index contributed by atoms with van der Waals surface area (Å²) in [7, 11) is 0. The highest BCUT2D eigenvalue weighted by molar-refractivity contribution is 5.16. The average Bonchev–Trinajstić information content (AvgIpc) is 2.34. The first-order valence-electron chi connectivity index (χ1n) is 3.85. The Morgan fingerprint density at radius 3 is 2.90 bits per heavy atom. The summed E-state index contributed by atoms with van der Waals surface area (Å²) in [5.41, 5.74) is 7.10. The largest absolute Gasteiger partial charge is 0.324 e. The number of hydrogen-bond donors (Lipinski definition) is 1. The lowest BCUT2D eigenvalue weighted by Gasteiger charge is -2.16. The van der Waals surface area contributed by atoms with Gasteiger partial charge in [0.1, 0.15) is 0 Å². The smallest absolute Gasteiger partial charge is 0.0293 e. The van der Waals surface area contributed by atoms with Crippen LogP contribution >= 0.6 is 0 Å². The molecule has 2 N–H and O–H groups in total. The third kappa shape index (κ3) is 1.29. The Balaban J connectivity index is 2.51. The van der Waals surface area contributed by atoms with Gasteiger partial charge in [-0.3, -0.25) is 0 Å². The van der Waals surface area contributed by atoms with E-state index in [0.29, 0.717) is 5.92 Å². The van der Waals surface area contributed by atoms with E-state index in [0.717, 1.165) is 12.8 Å². The van der Waals surface area contributed by atoms with Gasteiger partial charge in [0.05, 0.1) is 0 Å². The normalized spacial score (nSPS) is 31.0. The Hall–Kier alpha value is -0.560. The highest BCUT2D eigenvalue weighted by Crippen LogP contribution is 2.25. The molecule has 1 aliphatic rings. The van der Waals surface area contributed by atoms with E-state index in [4.69, 9.17) is 5.73 Å². The standard InChI is InChI=1S/C9H15N/c1-3-7(2)8-5-4-6-9(8)10/h4,6,8-9H,2-3,5,10H2,1H3. The van der Waals surface area contributed by atoms with Crippen LogP contribution in [0, 0.1) is 5.92 Å². The first-order chi connectivity index (χ1) is 4.75. The summed E-state index contributed by atoms with van der Waals surface area (Å²) in [4.78, 5) is 0. The molecule has 0 spiro atoms. The molecule has 1 aliphatic carbocycles. The van der Waals surface area contributed by atoms with Crippen molar-refractivity contribution in [3.8, 4) is 0 Å². The zero-order chi connectivity index (χ0) is 7.56. The Bertz CT molecular complexity index is 158. The fraction of sp³-hybridized carbons (Fsp3) is 0.556. The van der Waals surface area contributed by atoms with Crippen LogP contribution in [0.5, 0.6) is 0 Å². The zero-order valence-corrected chi connectivity index (χ0v) is 6.51. The van der Waals surface area contributed by atoms with Crippen molar-refractivity contribution in [2.24, 2.45) is 11.7 Å². The van der Waals surface area contributed by atoms with Crippen LogP contribution in [0.25, 0.3) is 0 Å². The highest BCUT2D eigenvalue weighted by Gasteiger charge is 2.20. The quantitative estimate of drug-likeness (QED) is 0.577. The Labute approximate surface area is 62.6 Å². The molecule has 0 aromatic rings. The summed E-state index contributed by atoms with van der Waals surface area (Å²) < 4.78 is 0. The second-order valence-electron chi connectivity index (χ2n) is 2.86. The second kappa shape index (κ2) is 3.02. The molecule has 0 bridgehead atoms. The van der Waals surface area contributed by atoms with E-state index in [1.54, 1.807) is 0 Å². The number of rotatable bonds is 2. The summed E-state index contributed by atoms with van der Waals surface area (Å²) in [6, 6.07) is 0.229. The second-order valence-corrected chi connectivity index (χ2v) is 2.86. The van der Waals surface area contributed by atoms with Crippen LogP contribution in [-0.4, -0.2) is 6.04 Å². The molecule has 56 valence electrons. The SMILES string of the molecule is C=C(CC)C1CC=CC1N. The van der Waals surface area contributed by atoms with Gasteiger partial charge in [0.25, 0.3) is 0 Å². The van der Waals surface area contributed by atoms with Crippen LogP contribution < -0.4 is 5.73 Å². The van der Waals surface area contributed by atoms with Crippen LogP contribution in [0.1, 0.15) is 19.8 Å². The van der Waals surface area contributed by atoms with Crippen molar-refractivity contribution in [1.82, 2.24) is 0 Å².